The predicted molar refractivity (Wildman–Crippen MR) is 48.7 cm³/mol. The Hall–Kier alpha value is -1.33. The minimum Gasteiger partial charge on any atom is -0.379 e. The van der Waals surface area contributed by atoms with Gasteiger partial charge >= 0.3 is 0 Å². The molecule has 0 aliphatic carbocycles. The van der Waals surface area contributed by atoms with Crippen LogP contribution in [0.2, 0.25) is 0 Å². The number of hydrogen-bond donors (Lipinski definition) is 1. The van der Waals surface area contributed by atoms with Crippen molar-refractivity contribution in [1.82, 2.24) is 9.97 Å². The van der Waals surface area contributed by atoms with Gasteiger partial charge in [0.05, 0.1) is 12.2 Å². The molecule has 2 heterocycles. The third-order valence-corrected chi connectivity index (χ3v) is 2.33. The molecule has 74 valence electrons. The standard InChI is InChI=1S/C9H11N3O2/c10-9(1-2-14-5-9)8(13)7-3-11-6-12-4-7/h3-4,6H,1-2,5,10H2. The van der Waals surface area contributed by atoms with Crippen LogP contribution in [0.25, 0.3) is 0 Å². The molecule has 0 bridgehead atoms. The molecule has 5 heteroatoms. The van der Waals surface area contributed by atoms with E-state index in [0.29, 0.717) is 18.6 Å². The van der Waals surface area contributed by atoms with Gasteiger partial charge in [0.1, 0.15) is 11.9 Å². The summed E-state index contributed by atoms with van der Waals surface area (Å²) in [5.74, 6) is -0.143. The fourth-order valence-corrected chi connectivity index (χ4v) is 1.46. The van der Waals surface area contributed by atoms with Crippen LogP contribution in [0, 0.1) is 0 Å². The van der Waals surface area contributed by atoms with Crippen LogP contribution in [-0.2, 0) is 4.74 Å². The van der Waals surface area contributed by atoms with Gasteiger partial charge in [0.2, 0.25) is 0 Å². The predicted octanol–water partition coefficient (Wildman–Crippen LogP) is -0.223. The van der Waals surface area contributed by atoms with Gasteiger partial charge in [-0.25, -0.2) is 9.97 Å². The lowest BCUT2D eigenvalue weighted by molar-refractivity contribution is 0.0862. The van der Waals surface area contributed by atoms with Gasteiger partial charge in [-0.2, -0.15) is 0 Å². The number of rotatable bonds is 2. The molecule has 0 aromatic carbocycles. The van der Waals surface area contributed by atoms with E-state index in [9.17, 15) is 4.79 Å². The van der Waals surface area contributed by atoms with Gasteiger partial charge in [0.25, 0.3) is 0 Å². The average molecular weight is 193 g/mol. The zero-order chi connectivity index (χ0) is 10.0. The molecule has 1 fully saturated rings. The average Bonchev–Trinajstić information content (AvgIpc) is 2.67. The van der Waals surface area contributed by atoms with Gasteiger partial charge < -0.3 is 10.5 Å². The van der Waals surface area contributed by atoms with E-state index >= 15 is 0 Å². The zero-order valence-electron chi connectivity index (χ0n) is 7.64. The third kappa shape index (κ3) is 1.51. The second-order valence-electron chi connectivity index (χ2n) is 3.42. The summed E-state index contributed by atoms with van der Waals surface area (Å²) in [5, 5.41) is 0. The highest BCUT2D eigenvalue weighted by atomic mass is 16.5. The lowest BCUT2D eigenvalue weighted by atomic mass is 9.91. The highest BCUT2D eigenvalue weighted by Gasteiger charge is 2.38. The Bertz CT molecular complexity index is 333. The Balaban J connectivity index is 2.24. The number of ether oxygens (including phenoxy) is 1. The molecular formula is C9H11N3O2. The zero-order valence-corrected chi connectivity index (χ0v) is 7.64. The van der Waals surface area contributed by atoms with Crippen LogP contribution < -0.4 is 5.73 Å². The maximum Gasteiger partial charge on any atom is 0.188 e. The van der Waals surface area contributed by atoms with Crippen LogP contribution in [0.3, 0.4) is 0 Å². The first-order chi connectivity index (χ1) is 6.72. The fraction of sp³-hybridized carbons (Fsp3) is 0.444. The van der Waals surface area contributed by atoms with Crippen molar-refractivity contribution >= 4 is 5.78 Å². The van der Waals surface area contributed by atoms with Crippen LogP contribution in [0.5, 0.6) is 0 Å². The van der Waals surface area contributed by atoms with E-state index in [1.807, 2.05) is 0 Å². The Morgan fingerprint density at radius 3 is 2.79 bits per heavy atom. The maximum atomic E-state index is 11.9. The second-order valence-corrected chi connectivity index (χ2v) is 3.42. The summed E-state index contributed by atoms with van der Waals surface area (Å²) in [6.07, 6.45) is 4.89. The molecular weight excluding hydrogens is 182 g/mol. The lowest BCUT2D eigenvalue weighted by Crippen LogP contribution is -2.48. The number of aromatic nitrogens is 2. The first kappa shape index (κ1) is 9.23. The van der Waals surface area contributed by atoms with E-state index < -0.39 is 5.54 Å². The Morgan fingerprint density at radius 1 is 1.50 bits per heavy atom. The molecule has 1 aromatic rings. The molecule has 1 aliphatic heterocycles. The number of nitrogens with two attached hydrogens (primary N) is 1. The smallest absolute Gasteiger partial charge is 0.188 e. The molecule has 1 unspecified atom stereocenters. The van der Waals surface area contributed by atoms with Crippen LogP contribution in [0.1, 0.15) is 16.8 Å². The second kappa shape index (κ2) is 3.43. The largest absolute Gasteiger partial charge is 0.379 e. The molecule has 1 saturated heterocycles. The topological polar surface area (TPSA) is 78.1 Å². The van der Waals surface area contributed by atoms with Crippen molar-refractivity contribution in [2.75, 3.05) is 13.2 Å². The van der Waals surface area contributed by atoms with Crippen molar-refractivity contribution in [3.63, 3.8) is 0 Å². The Labute approximate surface area is 81.3 Å². The minimum atomic E-state index is -0.884. The Morgan fingerprint density at radius 2 is 2.21 bits per heavy atom. The van der Waals surface area contributed by atoms with Gasteiger partial charge in [-0.3, -0.25) is 4.79 Å². The number of carbonyl (C=O) groups is 1. The van der Waals surface area contributed by atoms with Crippen molar-refractivity contribution in [2.45, 2.75) is 12.0 Å². The number of Topliss-reactive ketones (excluding diaryl/α,β-unsaturated/α-hetero) is 1. The normalized spacial score (nSPS) is 26.4. The van der Waals surface area contributed by atoms with E-state index in [2.05, 4.69) is 9.97 Å². The summed E-state index contributed by atoms with van der Waals surface area (Å²) >= 11 is 0. The van der Waals surface area contributed by atoms with Crippen LogP contribution in [0.4, 0.5) is 0 Å². The van der Waals surface area contributed by atoms with Crippen molar-refractivity contribution in [1.29, 1.82) is 0 Å². The van der Waals surface area contributed by atoms with Gasteiger partial charge in [0, 0.05) is 19.0 Å². The molecule has 0 amide bonds. The molecule has 0 radical (unpaired) electrons. The molecule has 2 rings (SSSR count). The highest BCUT2D eigenvalue weighted by molar-refractivity contribution is 6.02. The molecule has 1 atom stereocenters. The third-order valence-electron chi connectivity index (χ3n) is 2.33. The number of carbonyl (C=O) groups excluding carboxylic acids is 1. The molecule has 1 aromatic heterocycles. The number of ketones is 1. The monoisotopic (exact) mass is 193 g/mol. The van der Waals surface area contributed by atoms with E-state index in [0.717, 1.165) is 0 Å². The van der Waals surface area contributed by atoms with Gasteiger partial charge in [-0.15, -0.1) is 0 Å². The number of hydrogen-bond acceptors (Lipinski definition) is 5. The first-order valence-electron chi connectivity index (χ1n) is 4.39. The SMILES string of the molecule is NC1(C(=O)c2cncnc2)CCOC1. The van der Waals surface area contributed by atoms with Crippen LogP contribution >= 0.6 is 0 Å². The quantitative estimate of drug-likeness (QED) is 0.657. The Kier molecular flexibility index (Phi) is 2.26. The van der Waals surface area contributed by atoms with Crippen molar-refractivity contribution in [3.05, 3.63) is 24.3 Å². The van der Waals surface area contributed by atoms with Crippen molar-refractivity contribution in [2.24, 2.45) is 5.73 Å². The highest BCUT2D eigenvalue weighted by Crippen LogP contribution is 2.19. The van der Waals surface area contributed by atoms with Crippen molar-refractivity contribution in [3.8, 4) is 0 Å². The number of nitrogens with zero attached hydrogens (tertiary/aromatic N) is 2. The van der Waals surface area contributed by atoms with Crippen LogP contribution in [0.15, 0.2) is 18.7 Å². The van der Waals surface area contributed by atoms with Gasteiger partial charge in [-0.1, -0.05) is 0 Å². The van der Waals surface area contributed by atoms with Crippen molar-refractivity contribution < 1.29 is 9.53 Å². The molecule has 0 saturated carbocycles. The summed E-state index contributed by atoms with van der Waals surface area (Å²) in [6, 6.07) is 0. The summed E-state index contributed by atoms with van der Waals surface area (Å²) in [5.41, 5.74) is 5.47. The lowest BCUT2D eigenvalue weighted by Gasteiger charge is -2.19. The molecule has 14 heavy (non-hydrogen) atoms. The molecule has 2 N–H and O–H groups in total. The molecule has 5 nitrogen and oxygen atoms in total. The van der Waals surface area contributed by atoms with Gasteiger partial charge in [0.15, 0.2) is 5.78 Å². The van der Waals surface area contributed by atoms with E-state index in [1.165, 1.54) is 18.7 Å². The summed E-state index contributed by atoms with van der Waals surface area (Å²) in [6.45, 7) is 0.816. The molecule has 1 aliphatic rings. The maximum absolute atomic E-state index is 11.9. The molecule has 0 spiro atoms. The minimum absolute atomic E-state index is 0.143. The van der Waals surface area contributed by atoms with E-state index in [4.69, 9.17) is 10.5 Å². The van der Waals surface area contributed by atoms with Gasteiger partial charge in [-0.05, 0) is 6.42 Å². The summed E-state index contributed by atoms with van der Waals surface area (Å²) in [7, 11) is 0. The van der Waals surface area contributed by atoms with E-state index in [-0.39, 0.29) is 12.4 Å². The van der Waals surface area contributed by atoms with Crippen LogP contribution in [-0.4, -0.2) is 34.5 Å². The summed E-state index contributed by atoms with van der Waals surface area (Å²) in [4.78, 5) is 19.4. The van der Waals surface area contributed by atoms with E-state index in [1.54, 1.807) is 0 Å². The summed E-state index contributed by atoms with van der Waals surface area (Å²) < 4.78 is 5.12. The first-order valence-corrected chi connectivity index (χ1v) is 4.39. The fourth-order valence-electron chi connectivity index (χ4n) is 1.46.